The molecule has 1 N–H and O–H groups in total. The summed E-state index contributed by atoms with van der Waals surface area (Å²) >= 11 is 0. The van der Waals surface area contributed by atoms with Crippen LogP contribution in [0.15, 0.2) is 34.6 Å². The van der Waals surface area contributed by atoms with Crippen LogP contribution in [-0.4, -0.2) is 0 Å². The Kier molecular flexibility index (Phi) is 1.13. The molecule has 0 spiro atoms. The molecule has 0 aliphatic carbocycles. The standard InChI is InChI=1S/C7H6N3/c1-2-4-7-6(3-1)5-8-10-9-7/h1-5H,(H,8,9). The van der Waals surface area contributed by atoms with E-state index in [1.807, 2.05) is 30.8 Å². The summed E-state index contributed by atoms with van der Waals surface area (Å²) in [6.07, 6.45) is 0. The molecule has 1 aliphatic heterocycles. The largest absolute Gasteiger partial charge is 0.281 e. The number of fused-ring (bicyclic) bond motifs is 1. The molecule has 1 heterocycles. The van der Waals surface area contributed by atoms with Gasteiger partial charge in [0.2, 0.25) is 0 Å². The Morgan fingerprint density at radius 1 is 1.20 bits per heavy atom. The SMILES string of the molecule is [CH]1NN=Nc2ccccc21. The minimum Gasteiger partial charge on any atom is -0.281 e. The van der Waals surface area contributed by atoms with Gasteiger partial charge in [0.05, 0.1) is 12.2 Å². The van der Waals surface area contributed by atoms with Gasteiger partial charge in [-0.2, -0.15) is 0 Å². The fourth-order valence-electron chi connectivity index (χ4n) is 0.882. The van der Waals surface area contributed by atoms with Crippen molar-refractivity contribution in [3.05, 3.63) is 36.4 Å². The molecule has 3 nitrogen and oxygen atoms in total. The molecule has 0 saturated carbocycles. The van der Waals surface area contributed by atoms with Crippen molar-refractivity contribution in [1.82, 2.24) is 5.43 Å². The minimum absolute atomic E-state index is 0.918. The number of rotatable bonds is 0. The van der Waals surface area contributed by atoms with Gasteiger partial charge in [0.1, 0.15) is 0 Å². The molecule has 0 unspecified atom stereocenters. The average Bonchev–Trinajstić information content (AvgIpc) is 2.05. The van der Waals surface area contributed by atoms with Crippen molar-refractivity contribution in [3.63, 3.8) is 0 Å². The molecule has 0 bridgehead atoms. The van der Waals surface area contributed by atoms with Crippen LogP contribution in [0, 0.1) is 6.54 Å². The van der Waals surface area contributed by atoms with Crippen LogP contribution in [0.3, 0.4) is 0 Å². The second-order valence-corrected chi connectivity index (χ2v) is 2.03. The molecule has 0 aromatic heterocycles. The van der Waals surface area contributed by atoms with E-state index >= 15 is 0 Å². The molecule has 0 atom stereocenters. The van der Waals surface area contributed by atoms with Gasteiger partial charge < -0.3 is 0 Å². The smallest absolute Gasteiger partial charge is 0.0988 e. The Morgan fingerprint density at radius 2 is 2.10 bits per heavy atom. The van der Waals surface area contributed by atoms with E-state index in [-0.39, 0.29) is 0 Å². The van der Waals surface area contributed by atoms with Crippen LogP contribution in [0.5, 0.6) is 0 Å². The molecule has 49 valence electrons. The molecule has 3 heteroatoms. The maximum Gasteiger partial charge on any atom is 0.0988 e. The zero-order chi connectivity index (χ0) is 6.81. The van der Waals surface area contributed by atoms with E-state index in [0.717, 1.165) is 11.3 Å². The molecule has 0 amide bonds. The van der Waals surface area contributed by atoms with Crippen molar-refractivity contribution in [2.24, 2.45) is 10.3 Å². The van der Waals surface area contributed by atoms with Gasteiger partial charge in [-0.3, -0.25) is 5.43 Å². The number of nitrogens with one attached hydrogen (secondary N) is 1. The predicted molar refractivity (Wildman–Crippen MR) is 37.5 cm³/mol. The topological polar surface area (TPSA) is 36.8 Å². The van der Waals surface area contributed by atoms with Crippen molar-refractivity contribution in [1.29, 1.82) is 0 Å². The van der Waals surface area contributed by atoms with E-state index in [0.29, 0.717) is 0 Å². The predicted octanol–water partition coefficient (Wildman–Crippen LogP) is 1.80. The molecule has 10 heavy (non-hydrogen) atoms. The fourth-order valence-corrected chi connectivity index (χ4v) is 0.882. The molecular weight excluding hydrogens is 126 g/mol. The first kappa shape index (κ1) is 5.41. The van der Waals surface area contributed by atoms with Crippen molar-refractivity contribution in [3.8, 4) is 0 Å². The average molecular weight is 132 g/mol. The van der Waals surface area contributed by atoms with Crippen LogP contribution in [0.2, 0.25) is 0 Å². The van der Waals surface area contributed by atoms with Gasteiger partial charge in [-0.15, -0.1) is 5.11 Å². The summed E-state index contributed by atoms with van der Waals surface area (Å²) in [7, 11) is 0. The van der Waals surface area contributed by atoms with Crippen LogP contribution in [0.4, 0.5) is 5.69 Å². The van der Waals surface area contributed by atoms with Crippen LogP contribution >= 0.6 is 0 Å². The zero-order valence-electron chi connectivity index (χ0n) is 5.28. The fraction of sp³-hybridized carbons (Fsp3) is 0. The maximum atomic E-state index is 3.88. The lowest BCUT2D eigenvalue weighted by atomic mass is 10.2. The van der Waals surface area contributed by atoms with E-state index in [9.17, 15) is 0 Å². The summed E-state index contributed by atoms with van der Waals surface area (Å²) in [5, 5.41) is 7.51. The van der Waals surface area contributed by atoms with Gasteiger partial charge in [-0.25, -0.2) is 0 Å². The first-order valence-corrected chi connectivity index (χ1v) is 3.05. The zero-order valence-corrected chi connectivity index (χ0v) is 5.28. The highest BCUT2D eigenvalue weighted by molar-refractivity contribution is 5.49. The van der Waals surface area contributed by atoms with E-state index in [1.54, 1.807) is 0 Å². The monoisotopic (exact) mass is 132 g/mol. The first-order valence-electron chi connectivity index (χ1n) is 3.05. The van der Waals surface area contributed by atoms with E-state index in [1.165, 1.54) is 0 Å². The summed E-state index contributed by atoms with van der Waals surface area (Å²) in [5.41, 5.74) is 4.67. The number of hydrogen-bond donors (Lipinski definition) is 1. The highest BCUT2D eigenvalue weighted by Gasteiger charge is 2.02. The van der Waals surface area contributed by atoms with Crippen molar-refractivity contribution >= 4 is 5.69 Å². The van der Waals surface area contributed by atoms with Crippen LogP contribution in [-0.2, 0) is 0 Å². The van der Waals surface area contributed by atoms with Gasteiger partial charge in [0.15, 0.2) is 0 Å². The third kappa shape index (κ3) is 0.757. The Labute approximate surface area is 58.8 Å². The molecular formula is C7H6N3. The number of nitrogens with zero attached hydrogens (tertiary/aromatic N) is 2. The van der Waals surface area contributed by atoms with Crippen LogP contribution in [0.25, 0.3) is 0 Å². The van der Waals surface area contributed by atoms with Crippen molar-refractivity contribution < 1.29 is 0 Å². The highest BCUT2D eigenvalue weighted by atomic mass is 15.4. The summed E-state index contributed by atoms with van der Waals surface area (Å²) in [6, 6.07) is 7.82. The van der Waals surface area contributed by atoms with Crippen LogP contribution < -0.4 is 5.43 Å². The minimum atomic E-state index is 0.918. The molecule has 0 saturated heterocycles. The second-order valence-electron chi connectivity index (χ2n) is 2.03. The van der Waals surface area contributed by atoms with Gasteiger partial charge in [-0.05, 0) is 6.07 Å². The van der Waals surface area contributed by atoms with Gasteiger partial charge in [0, 0.05) is 5.56 Å². The first-order chi connectivity index (χ1) is 4.97. The highest BCUT2D eigenvalue weighted by Crippen LogP contribution is 2.21. The van der Waals surface area contributed by atoms with Gasteiger partial charge in [0.25, 0.3) is 0 Å². The molecule has 2 rings (SSSR count). The Hall–Kier alpha value is -1.38. The number of benzene rings is 1. The van der Waals surface area contributed by atoms with Gasteiger partial charge in [-0.1, -0.05) is 23.4 Å². The third-order valence-electron chi connectivity index (χ3n) is 1.37. The second kappa shape index (κ2) is 2.10. The Bertz CT molecular complexity index is 267. The summed E-state index contributed by atoms with van der Waals surface area (Å²) < 4.78 is 0. The normalized spacial score (nSPS) is 14.0. The van der Waals surface area contributed by atoms with Crippen molar-refractivity contribution in [2.45, 2.75) is 0 Å². The maximum absolute atomic E-state index is 3.88. The molecule has 1 radical (unpaired) electrons. The van der Waals surface area contributed by atoms with E-state index in [4.69, 9.17) is 0 Å². The summed E-state index contributed by atoms with van der Waals surface area (Å²) in [5.74, 6) is 0. The lowest BCUT2D eigenvalue weighted by Crippen LogP contribution is -2.04. The quantitative estimate of drug-likeness (QED) is 0.574. The molecule has 1 aromatic carbocycles. The lowest BCUT2D eigenvalue weighted by molar-refractivity contribution is 0.797. The van der Waals surface area contributed by atoms with E-state index in [2.05, 4.69) is 15.8 Å². The third-order valence-corrected chi connectivity index (χ3v) is 1.37. The Balaban J connectivity index is 2.54. The Morgan fingerprint density at radius 3 is 3.00 bits per heavy atom. The number of hydrogen-bond acceptors (Lipinski definition) is 3. The molecule has 1 aliphatic rings. The van der Waals surface area contributed by atoms with Crippen LogP contribution in [0.1, 0.15) is 5.56 Å². The summed E-state index contributed by atoms with van der Waals surface area (Å²) in [4.78, 5) is 0. The van der Waals surface area contributed by atoms with Gasteiger partial charge >= 0.3 is 0 Å². The van der Waals surface area contributed by atoms with Crippen molar-refractivity contribution in [2.75, 3.05) is 0 Å². The lowest BCUT2D eigenvalue weighted by Gasteiger charge is -2.06. The summed E-state index contributed by atoms with van der Waals surface area (Å²) in [6.45, 7) is 1.82. The molecule has 0 fully saturated rings. The molecule has 1 aromatic rings. The van der Waals surface area contributed by atoms with E-state index < -0.39 is 0 Å².